The number of hydrogen-bond acceptors (Lipinski definition) is 5. The van der Waals surface area contributed by atoms with Crippen LogP contribution < -0.4 is 4.74 Å². The van der Waals surface area contributed by atoms with Gasteiger partial charge in [-0.3, -0.25) is 4.79 Å². The van der Waals surface area contributed by atoms with E-state index in [9.17, 15) is 13.2 Å². The molecule has 2 rings (SSSR count). The van der Waals surface area contributed by atoms with E-state index in [1.165, 1.54) is 19.2 Å². The normalized spacial score (nSPS) is 19.3. The predicted molar refractivity (Wildman–Crippen MR) is 69.0 cm³/mol. The number of carbonyl (C=O) groups is 1. The average molecular weight is 284 g/mol. The maximum absolute atomic E-state index is 12.2. The fourth-order valence-electron chi connectivity index (χ4n) is 1.97. The molecule has 1 aliphatic heterocycles. The largest absolute Gasteiger partial charge is 0.497 e. The monoisotopic (exact) mass is 284 g/mol. The number of Topliss-reactive ketones (excluding diaryl/α,β-unsaturated/α-hetero) is 1. The third-order valence-electron chi connectivity index (χ3n) is 3.12. The van der Waals surface area contributed by atoms with E-state index in [4.69, 9.17) is 9.47 Å². The van der Waals surface area contributed by atoms with Crippen molar-refractivity contribution in [2.45, 2.75) is 11.3 Å². The molecule has 0 amide bonds. The SMILES string of the molecule is COc1cccc(S(=O)(=O)CC(=O)C2CCOC2)c1. The number of hydrogen-bond donors (Lipinski definition) is 0. The van der Waals surface area contributed by atoms with Crippen LogP contribution in [0.3, 0.4) is 0 Å². The highest BCUT2D eigenvalue weighted by Gasteiger charge is 2.28. The Kier molecular flexibility index (Phi) is 4.21. The molecule has 6 heteroatoms. The molecule has 1 aromatic carbocycles. The van der Waals surface area contributed by atoms with Gasteiger partial charge in [-0.25, -0.2) is 8.42 Å². The van der Waals surface area contributed by atoms with Crippen molar-refractivity contribution in [2.24, 2.45) is 5.92 Å². The molecule has 0 aromatic heterocycles. The Morgan fingerprint density at radius 1 is 1.47 bits per heavy atom. The molecular formula is C13H16O5S. The van der Waals surface area contributed by atoms with Crippen LogP contribution in [0.15, 0.2) is 29.2 Å². The Bertz CT molecular complexity index is 558. The molecular weight excluding hydrogens is 268 g/mol. The lowest BCUT2D eigenvalue weighted by Gasteiger charge is -2.08. The van der Waals surface area contributed by atoms with Gasteiger partial charge in [-0.05, 0) is 24.6 Å². The summed E-state index contributed by atoms with van der Waals surface area (Å²) in [5.74, 6) is -0.591. The molecule has 0 radical (unpaired) electrons. The van der Waals surface area contributed by atoms with Crippen LogP contribution in [0.25, 0.3) is 0 Å². The lowest BCUT2D eigenvalue weighted by atomic mass is 10.1. The molecule has 1 heterocycles. The minimum Gasteiger partial charge on any atom is -0.497 e. The molecule has 19 heavy (non-hydrogen) atoms. The van der Waals surface area contributed by atoms with Gasteiger partial charge in [0.05, 0.1) is 18.6 Å². The van der Waals surface area contributed by atoms with Crippen molar-refractivity contribution in [1.29, 1.82) is 0 Å². The highest BCUT2D eigenvalue weighted by atomic mass is 32.2. The Morgan fingerprint density at radius 3 is 2.89 bits per heavy atom. The Balaban J connectivity index is 2.15. The molecule has 1 saturated heterocycles. The molecule has 5 nitrogen and oxygen atoms in total. The topological polar surface area (TPSA) is 69.7 Å². The van der Waals surface area contributed by atoms with Crippen molar-refractivity contribution < 1.29 is 22.7 Å². The van der Waals surface area contributed by atoms with Crippen LogP contribution in [0.1, 0.15) is 6.42 Å². The van der Waals surface area contributed by atoms with Crippen LogP contribution in [0, 0.1) is 5.92 Å². The van der Waals surface area contributed by atoms with Crippen LogP contribution in [-0.4, -0.2) is 40.3 Å². The Labute approximate surface area is 112 Å². The van der Waals surface area contributed by atoms with E-state index < -0.39 is 15.6 Å². The molecule has 1 aliphatic rings. The van der Waals surface area contributed by atoms with Crippen LogP contribution in [-0.2, 0) is 19.4 Å². The molecule has 0 bridgehead atoms. The van der Waals surface area contributed by atoms with Crippen molar-refractivity contribution in [2.75, 3.05) is 26.1 Å². The van der Waals surface area contributed by atoms with Crippen LogP contribution in [0.2, 0.25) is 0 Å². The molecule has 1 unspecified atom stereocenters. The van der Waals surface area contributed by atoms with Crippen molar-refractivity contribution in [1.82, 2.24) is 0 Å². The number of methoxy groups -OCH3 is 1. The zero-order chi connectivity index (χ0) is 13.9. The van der Waals surface area contributed by atoms with E-state index in [-0.39, 0.29) is 16.6 Å². The lowest BCUT2D eigenvalue weighted by Crippen LogP contribution is -2.24. The number of ether oxygens (including phenoxy) is 2. The number of carbonyl (C=O) groups excluding carboxylic acids is 1. The fraction of sp³-hybridized carbons (Fsp3) is 0.462. The minimum absolute atomic E-state index is 0.110. The van der Waals surface area contributed by atoms with E-state index in [2.05, 4.69) is 0 Å². The fourth-order valence-corrected chi connectivity index (χ4v) is 3.33. The van der Waals surface area contributed by atoms with Gasteiger partial charge < -0.3 is 9.47 Å². The van der Waals surface area contributed by atoms with Crippen LogP contribution in [0.5, 0.6) is 5.75 Å². The summed E-state index contributed by atoms with van der Waals surface area (Å²) in [4.78, 5) is 12.0. The van der Waals surface area contributed by atoms with Gasteiger partial charge in [0.15, 0.2) is 15.6 Å². The lowest BCUT2D eigenvalue weighted by molar-refractivity contribution is -0.120. The zero-order valence-electron chi connectivity index (χ0n) is 10.7. The van der Waals surface area contributed by atoms with Gasteiger partial charge in [0.1, 0.15) is 11.5 Å². The van der Waals surface area contributed by atoms with Gasteiger partial charge in [0.2, 0.25) is 0 Å². The van der Waals surface area contributed by atoms with Gasteiger partial charge in [0.25, 0.3) is 0 Å². The van der Waals surface area contributed by atoms with E-state index in [1.54, 1.807) is 12.1 Å². The zero-order valence-corrected chi connectivity index (χ0v) is 11.5. The van der Waals surface area contributed by atoms with Gasteiger partial charge in [-0.2, -0.15) is 0 Å². The first kappa shape index (κ1) is 14.0. The maximum atomic E-state index is 12.2. The summed E-state index contributed by atoms with van der Waals surface area (Å²) in [6.07, 6.45) is 0.604. The van der Waals surface area contributed by atoms with Crippen molar-refractivity contribution in [3.63, 3.8) is 0 Å². The smallest absolute Gasteiger partial charge is 0.185 e. The van der Waals surface area contributed by atoms with Gasteiger partial charge in [0, 0.05) is 12.5 Å². The quantitative estimate of drug-likeness (QED) is 0.809. The minimum atomic E-state index is -3.61. The first-order valence-electron chi connectivity index (χ1n) is 6.00. The van der Waals surface area contributed by atoms with Gasteiger partial charge >= 0.3 is 0 Å². The molecule has 0 spiro atoms. The first-order chi connectivity index (χ1) is 9.03. The predicted octanol–water partition coefficient (Wildman–Crippen LogP) is 1.07. The van der Waals surface area contributed by atoms with E-state index >= 15 is 0 Å². The van der Waals surface area contributed by atoms with Crippen LogP contribution >= 0.6 is 0 Å². The Morgan fingerprint density at radius 2 is 2.26 bits per heavy atom. The second-order valence-electron chi connectivity index (χ2n) is 4.46. The number of sulfone groups is 1. The van der Waals surface area contributed by atoms with Crippen LogP contribution in [0.4, 0.5) is 0 Å². The van der Waals surface area contributed by atoms with E-state index in [1.807, 2.05) is 0 Å². The summed E-state index contributed by atoms with van der Waals surface area (Å²) in [6.45, 7) is 0.849. The number of benzene rings is 1. The summed E-state index contributed by atoms with van der Waals surface area (Å²) in [7, 11) is -2.15. The molecule has 0 N–H and O–H groups in total. The van der Waals surface area contributed by atoms with Gasteiger partial charge in [-0.15, -0.1) is 0 Å². The van der Waals surface area contributed by atoms with Crippen molar-refractivity contribution in [3.05, 3.63) is 24.3 Å². The summed E-state index contributed by atoms with van der Waals surface area (Å²) >= 11 is 0. The molecule has 1 aromatic rings. The highest BCUT2D eigenvalue weighted by molar-refractivity contribution is 7.92. The molecule has 104 valence electrons. The summed E-state index contributed by atoms with van der Waals surface area (Å²) in [5, 5.41) is 0. The second kappa shape index (κ2) is 5.71. The third-order valence-corrected chi connectivity index (χ3v) is 4.75. The average Bonchev–Trinajstić information content (AvgIpc) is 2.92. The van der Waals surface area contributed by atoms with Crippen molar-refractivity contribution in [3.8, 4) is 5.75 Å². The molecule has 0 saturated carbocycles. The number of rotatable bonds is 5. The second-order valence-corrected chi connectivity index (χ2v) is 6.45. The summed E-state index contributed by atoms with van der Waals surface area (Å²) in [5.41, 5.74) is 0. The summed E-state index contributed by atoms with van der Waals surface area (Å²) in [6, 6.07) is 6.14. The highest BCUT2D eigenvalue weighted by Crippen LogP contribution is 2.20. The molecule has 1 fully saturated rings. The Hall–Kier alpha value is -1.40. The number of ketones is 1. The molecule has 1 atom stereocenters. The molecule has 0 aliphatic carbocycles. The van der Waals surface area contributed by atoms with E-state index in [0.717, 1.165) is 0 Å². The van der Waals surface area contributed by atoms with Gasteiger partial charge in [-0.1, -0.05) is 6.07 Å². The summed E-state index contributed by atoms with van der Waals surface area (Å²) < 4.78 is 34.4. The third kappa shape index (κ3) is 3.33. The first-order valence-corrected chi connectivity index (χ1v) is 7.65. The maximum Gasteiger partial charge on any atom is 0.185 e. The standard InChI is InChI=1S/C13H16O5S/c1-17-11-3-2-4-12(7-11)19(15,16)9-13(14)10-5-6-18-8-10/h2-4,7,10H,5-6,8-9H2,1H3. The van der Waals surface area contributed by atoms with E-state index in [0.29, 0.717) is 25.4 Å². The van der Waals surface area contributed by atoms with Crippen molar-refractivity contribution >= 4 is 15.6 Å².